The van der Waals surface area contributed by atoms with Crippen LogP contribution in [0.25, 0.3) is 0 Å². The summed E-state index contributed by atoms with van der Waals surface area (Å²) in [6, 6.07) is 5.42. The third-order valence-corrected chi connectivity index (χ3v) is 3.83. The molecule has 2 rings (SSSR count). The van der Waals surface area contributed by atoms with Crippen LogP contribution in [0.2, 0.25) is 10.0 Å². The molecule has 0 aliphatic rings. The Bertz CT molecular complexity index is 578. The number of hydrogen-bond acceptors (Lipinski definition) is 4. The Morgan fingerprint density at radius 1 is 1.24 bits per heavy atom. The number of halogens is 2. The van der Waals surface area contributed by atoms with Crippen LogP contribution in [0, 0.1) is 5.92 Å². The number of aromatic nitrogens is 2. The van der Waals surface area contributed by atoms with E-state index in [1.165, 1.54) is 0 Å². The normalized spacial score (nSPS) is 12.9. The summed E-state index contributed by atoms with van der Waals surface area (Å²) >= 11 is 12.3. The first-order chi connectivity index (χ1) is 9.95. The van der Waals surface area contributed by atoms with Crippen molar-refractivity contribution in [3.8, 4) is 0 Å². The van der Waals surface area contributed by atoms with Gasteiger partial charge in [-0.1, -0.05) is 48.3 Å². The van der Waals surface area contributed by atoms with E-state index in [-0.39, 0.29) is 6.04 Å². The molecule has 1 unspecified atom stereocenters. The molecule has 4 nitrogen and oxygen atoms in total. The number of nitrogens with zero attached hydrogens (tertiary/aromatic N) is 2. The van der Waals surface area contributed by atoms with E-state index in [9.17, 15) is 0 Å². The highest BCUT2D eigenvalue weighted by Gasteiger charge is 2.14. The van der Waals surface area contributed by atoms with E-state index in [0.717, 1.165) is 12.0 Å². The summed E-state index contributed by atoms with van der Waals surface area (Å²) in [7, 11) is 0. The lowest BCUT2D eigenvalue weighted by Gasteiger charge is -2.10. The summed E-state index contributed by atoms with van der Waals surface area (Å²) in [4.78, 5) is 4.36. The molecule has 0 saturated carbocycles. The summed E-state index contributed by atoms with van der Waals surface area (Å²) in [6.07, 6.45) is 1.96. The van der Waals surface area contributed by atoms with Crippen LogP contribution in [0.4, 0.5) is 0 Å². The topological polar surface area (TPSA) is 64.9 Å². The minimum atomic E-state index is 0.0298. The van der Waals surface area contributed by atoms with Crippen molar-refractivity contribution in [3.05, 3.63) is 45.5 Å². The first-order valence-electron chi connectivity index (χ1n) is 6.95. The van der Waals surface area contributed by atoms with Gasteiger partial charge >= 0.3 is 0 Å². The molecule has 2 N–H and O–H groups in total. The van der Waals surface area contributed by atoms with Gasteiger partial charge in [-0.3, -0.25) is 0 Å². The maximum absolute atomic E-state index is 6.14. The summed E-state index contributed by atoms with van der Waals surface area (Å²) in [5, 5.41) is 5.17. The van der Waals surface area contributed by atoms with Crippen molar-refractivity contribution in [1.29, 1.82) is 0 Å². The molecule has 0 bridgehead atoms. The smallest absolute Gasteiger partial charge is 0.228 e. The summed E-state index contributed by atoms with van der Waals surface area (Å²) in [5.41, 5.74) is 6.85. The Labute approximate surface area is 134 Å². The van der Waals surface area contributed by atoms with Crippen molar-refractivity contribution in [1.82, 2.24) is 10.1 Å². The van der Waals surface area contributed by atoms with Crippen molar-refractivity contribution >= 4 is 23.2 Å². The van der Waals surface area contributed by atoms with E-state index < -0.39 is 0 Å². The van der Waals surface area contributed by atoms with E-state index in [2.05, 4.69) is 24.0 Å². The Morgan fingerprint density at radius 2 is 1.90 bits per heavy atom. The maximum Gasteiger partial charge on any atom is 0.228 e. The van der Waals surface area contributed by atoms with Crippen molar-refractivity contribution in [2.24, 2.45) is 11.7 Å². The Morgan fingerprint density at radius 3 is 2.52 bits per heavy atom. The van der Waals surface area contributed by atoms with Crippen LogP contribution in [0.1, 0.15) is 37.5 Å². The Kier molecular flexibility index (Phi) is 5.62. The monoisotopic (exact) mass is 327 g/mol. The quantitative estimate of drug-likeness (QED) is 0.874. The second kappa shape index (κ2) is 7.25. The van der Waals surface area contributed by atoms with Crippen molar-refractivity contribution < 1.29 is 4.52 Å². The van der Waals surface area contributed by atoms with Gasteiger partial charge in [0.15, 0.2) is 5.82 Å². The van der Waals surface area contributed by atoms with Crippen molar-refractivity contribution in [3.63, 3.8) is 0 Å². The molecule has 6 heteroatoms. The van der Waals surface area contributed by atoms with Gasteiger partial charge in [-0.05, 0) is 30.0 Å². The van der Waals surface area contributed by atoms with Crippen LogP contribution in [0.5, 0.6) is 0 Å². The molecule has 0 fully saturated rings. The van der Waals surface area contributed by atoms with Crippen LogP contribution < -0.4 is 5.73 Å². The highest BCUT2D eigenvalue weighted by Crippen LogP contribution is 2.26. The van der Waals surface area contributed by atoms with E-state index in [1.54, 1.807) is 18.2 Å². The van der Waals surface area contributed by atoms with Crippen LogP contribution in [0.3, 0.4) is 0 Å². The third-order valence-electron chi connectivity index (χ3n) is 3.12. The van der Waals surface area contributed by atoms with Crippen molar-refractivity contribution in [2.45, 2.75) is 39.2 Å². The SMILES string of the molecule is CC(C)CC(N)Cc1nc(Cc2c(Cl)cccc2Cl)no1. The Hall–Kier alpha value is -1.10. The van der Waals surface area contributed by atoms with Gasteiger partial charge in [0.05, 0.1) is 0 Å². The van der Waals surface area contributed by atoms with Gasteiger partial charge < -0.3 is 10.3 Å². The molecule has 21 heavy (non-hydrogen) atoms. The summed E-state index contributed by atoms with van der Waals surface area (Å²) in [6.45, 7) is 4.27. The molecule has 114 valence electrons. The predicted octanol–water partition coefficient (Wildman–Crippen LogP) is 3.88. The molecule has 0 spiro atoms. The lowest BCUT2D eigenvalue weighted by Crippen LogP contribution is -2.24. The fourth-order valence-corrected chi connectivity index (χ4v) is 2.75. The molecule has 1 aromatic heterocycles. The highest BCUT2D eigenvalue weighted by molar-refractivity contribution is 6.36. The second-order valence-corrected chi connectivity index (χ2v) is 6.39. The van der Waals surface area contributed by atoms with Crippen LogP contribution in [-0.4, -0.2) is 16.2 Å². The molecule has 0 aliphatic heterocycles. The van der Waals surface area contributed by atoms with E-state index in [0.29, 0.717) is 40.5 Å². The van der Waals surface area contributed by atoms with Gasteiger partial charge in [0.1, 0.15) is 0 Å². The fourth-order valence-electron chi connectivity index (χ4n) is 2.22. The minimum Gasteiger partial charge on any atom is -0.339 e. The molecule has 2 aromatic rings. The zero-order chi connectivity index (χ0) is 15.4. The zero-order valence-electron chi connectivity index (χ0n) is 12.1. The number of hydrogen-bond donors (Lipinski definition) is 1. The standard InChI is InChI=1S/C15H19Cl2N3O/c1-9(2)6-10(18)7-15-19-14(20-21-15)8-11-12(16)4-3-5-13(11)17/h3-5,9-10H,6-8,18H2,1-2H3. The van der Waals surface area contributed by atoms with E-state index in [4.69, 9.17) is 33.5 Å². The molecule has 0 saturated heterocycles. The molecule has 0 radical (unpaired) electrons. The molecule has 0 amide bonds. The largest absolute Gasteiger partial charge is 0.339 e. The average molecular weight is 328 g/mol. The third kappa shape index (κ3) is 4.70. The Balaban J connectivity index is 2.03. The molecule has 1 heterocycles. The van der Waals surface area contributed by atoms with Crippen LogP contribution in [0.15, 0.2) is 22.7 Å². The maximum atomic E-state index is 6.14. The van der Waals surface area contributed by atoms with Crippen LogP contribution in [-0.2, 0) is 12.8 Å². The fraction of sp³-hybridized carbons (Fsp3) is 0.467. The zero-order valence-corrected chi connectivity index (χ0v) is 13.7. The first-order valence-corrected chi connectivity index (χ1v) is 7.71. The van der Waals surface area contributed by atoms with Gasteiger partial charge in [0, 0.05) is 28.9 Å². The lowest BCUT2D eigenvalue weighted by atomic mass is 10.0. The van der Waals surface area contributed by atoms with E-state index >= 15 is 0 Å². The van der Waals surface area contributed by atoms with Gasteiger partial charge in [-0.25, -0.2) is 0 Å². The predicted molar refractivity (Wildman–Crippen MR) is 84.7 cm³/mol. The summed E-state index contributed by atoms with van der Waals surface area (Å²) < 4.78 is 5.24. The molecule has 1 aromatic carbocycles. The van der Waals surface area contributed by atoms with Gasteiger partial charge in [-0.15, -0.1) is 0 Å². The average Bonchev–Trinajstić information content (AvgIpc) is 2.80. The van der Waals surface area contributed by atoms with Crippen LogP contribution >= 0.6 is 23.2 Å². The van der Waals surface area contributed by atoms with Gasteiger partial charge in [0.25, 0.3) is 0 Å². The lowest BCUT2D eigenvalue weighted by molar-refractivity contribution is 0.355. The molecular formula is C15H19Cl2N3O. The molecular weight excluding hydrogens is 309 g/mol. The first kappa shape index (κ1) is 16.3. The number of rotatable bonds is 6. The second-order valence-electron chi connectivity index (χ2n) is 5.58. The van der Waals surface area contributed by atoms with Crippen molar-refractivity contribution in [2.75, 3.05) is 0 Å². The minimum absolute atomic E-state index is 0.0298. The highest BCUT2D eigenvalue weighted by atomic mass is 35.5. The van der Waals surface area contributed by atoms with E-state index in [1.807, 2.05) is 0 Å². The molecule has 1 atom stereocenters. The van der Waals surface area contributed by atoms with Gasteiger partial charge in [-0.2, -0.15) is 4.98 Å². The molecule has 0 aliphatic carbocycles. The summed E-state index contributed by atoms with van der Waals surface area (Å²) in [5.74, 6) is 1.67. The van der Waals surface area contributed by atoms with Gasteiger partial charge in [0.2, 0.25) is 5.89 Å². The number of benzene rings is 1. The number of nitrogens with two attached hydrogens (primary N) is 1.